The fourth-order valence-corrected chi connectivity index (χ4v) is 5.27. The minimum absolute atomic E-state index is 0.0754. The molecule has 0 aromatic carbocycles. The van der Waals surface area contributed by atoms with Crippen LogP contribution in [0.5, 0.6) is 0 Å². The average Bonchev–Trinajstić information content (AvgIpc) is 2.34. The van der Waals surface area contributed by atoms with E-state index in [1.54, 1.807) is 0 Å². The monoisotopic (exact) mass is 298 g/mol. The van der Waals surface area contributed by atoms with Gasteiger partial charge in [0.05, 0.1) is 12.2 Å². The van der Waals surface area contributed by atoms with Gasteiger partial charge in [-0.1, -0.05) is 46.5 Å². The minimum atomic E-state index is -1.74. The molecule has 118 valence electrons. The van der Waals surface area contributed by atoms with Gasteiger partial charge in [0.25, 0.3) is 0 Å². The molecular formula is C17H34O2Si. The first-order valence-corrected chi connectivity index (χ1v) is 11.5. The lowest BCUT2D eigenvalue weighted by Crippen LogP contribution is -2.55. The lowest BCUT2D eigenvalue weighted by atomic mass is 9.62. The molecule has 3 atom stereocenters. The molecule has 0 aromatic heterocycles. The van der Waals surface area contributed by atoms with Gasteiger partial charge in [-0.2, -0.15) is 0 Å². The van der Waals surface area contributed by atoms with E-state index >= 15 is 0 Å². The Morgan fingerprint density at radius 1 is 1.00 bits per heavy atom. The zero-order valence-electron chi connectivity index (χ0n) is 14.2. The maximum Gasteiger partial charge on any atom is 0.192 e. The Balaban J connectivity index is 2.19. The predicted molar refractivity (Wildman–Crippen MR) is 87.4 cm³/mol. The minimum Gasteiger partial charge on any atom is -0.413 e. The summed E-state index contributed by atoms with van der Waals surface area (Å²) < 4.78 is 6.79. The van der Waals surface area contributed by atoms with Crippen LogP contribution < -0.4 is 0 Å². The van der Waals surface area contributed by atoms with Crippen molar-refractivity contribution in [2.75, 3.05) is 0 Å². The van der Waals surface area contributed by atoms with Crippen molar-refractivity contribution in [3.05, 3.63) is 0 Å². The molecule has 2 rings (SSSR count). The number of aliphatic hydroxyl groups is 1. The molecule has 1 N–H and O–H groups in total. The first kappa shape index (κ1) is 16.5. The third kappa shape index (κ3) is 3.00. The Bertz CT molecular complexity index is 328. The fourth-order valence-electron chi connectivity index (χ4n) is 3.85. The summed E-state index contributed by atoms with van der Waals surface area (Å²) in [6, 6.07) is 0. The molecule has 0 bridgehead atoms. The molecule has 0 aliphatic heterocycles. The van der Waals surface area contributed by atoms with Gasteiger partial charge < -0.3 is 9.53 Å². The maximum atomic E-state index is 10.7. The second-order valence-electron chi connectivity index (χ2n) is 8.61. The van der Waals surface area contributed by atoms with E-state index in [0.717, 1.165) is 12.8 Å². The van der Waals surface area contributed by atoms with Gasteiger partial charge >= 0.3 is 0 Å². The third-order valence-electron chi connectivity index (χ3n) is 6.28. The Morgan fingerprint density at radius 3 is 2.10 bits per heavy atom. The summed E-state index contributed by atoms with van der Waals surface area (Å²) in [5.74, 6) is 0. The van der Waals surface area contributed by atoms with Crippen LogP contribution >= 0.6 is 0 Å². The van der Waals surface area contributed by atoms with Gasteiger partial charge in [0.2, 0.25) is 0 Å². The Kier molecular flexibility index (Phi) is 4.73. The van der Waals surface area contributed by atoms with Crippen LogP contribution in [0.2, 0.25) is 18.1 Å². The first-order valence-electron chi connectivity index (χ1n) is 8.55. The van der Waals surface area contributed by atoms with Crippen molar-refractivity contribution in [3.8, 4) is 0 Å². The Hall–Kier alpha value is 0.137. The quantitative estimate of drug-likeness (QED) is 0.737. The van der Waals surface area contributed by atoms with E-state index < -0.39 is 8.32 Å². The molecule has 0 heterocycles. The molecule has 2 aliphatic carbocycles. The van der Waals surface area contributed by atoms with Crippen molar-refractivity contribution < 1.29 is 9.53 Å². The topological polar surface area (TPSA) is 29.5 Å². The summed E-state index contributed by atoms with van der Waals surface area (Å²) in [5.41, 5.74) is 0.0754. The number of hydrogen-bond acceptors (Lipinski definition) is 2. The Morgan fingerprint density at radius 2 is 1.55 bits per heavy atom. The van der Waals surface area contributed by atoms with Crippen LogP contribution in [0.4, 0.5) is 0 Å². The highest BCUT2D eigenvalue weighted by atomic mass is 28.4. The van der Waals surface area contributed by atoms with Crippen LogP contribution in [0, 0.1) is 5.41 Å². The molecule has 1 spiro atoms. The Labute approximate surface area is 126 Å². The van der Waals surface area contributed by atoms with Crippen LogP contribution in [0.3, 0.4) is 0 Å². The normalized spacial score (nSPS) is 36.3. The van der Waals surface area contributed by atoms with E-state index in [-0.39, 0.29) is 16.6 Å². The van der Waals surface area contributed by atoms with Gasteiger partial charge in [-0.3, -0.25) is 0 Å². The molecule has 0 amide bonds. The number of aliphatic hydroxyl groups excluding tert-OH is 1. The molecule has 2 nitrogen and oxygen atoms in total. The van der Waals surface area contributed by atoms with Gasteiger partial charge in [-0.15, -0.1) is 0 Å². The zero-order valence-corrected chi connectivity index (χ0v) is 15.2. The van der Waals surface area contributed by atoms with Gasteiger partial charge in [-0.25, -0.2) is 0 Å². The summed E-state index contributed by atoms with van der Waals surface area (Å²) in [6.45, 7) is 11.6. The van der Waals surface area contributed by atoms with Gasteiger partial charge in [-0.05, 0) is 43.8 Å². The molecule has 2 aliphatic rings. The second kappa shape index (κ2) is 5.73. The van der Waals surface area contributed by atoms with Crippen molar-refractivity contribution in [1.82, 2.24) is 0 Å². The molecule has 0 radical (unpaired) electrons. The highest BCUT2D eigenvalue weighted by molar-refractivity contribution is 6.74. The van der Waals surface area contributed by atoms with Gasteiger partial charge in [0.1, 0.15) is 0 Å². The van der Waals surface area contributed by atoms with E-state index in [2.05, 4.69) is 33.9 Å². The molecule has 20 heavy (non-hydrogen) atoms. The van der Waals surface area contributed by atoms with Crippen molar-refractivity contribution in [1.29, 1.82) is 0 Å². The molecular weight excluding hydrogens is 264 g/mol. The van der Waals surface area contributed by atoms with Crippen LogP contribution in [-0.2, 0) is 4.43 Å². The van der Waals surface area contributed by atoms with Crippen LogP contribution in [0.1, 0.15) is 72.1 Å². The van der Waals surface area contributed by atoms with E-state index in [4.69, 9.17) is 4.43 Å². The molecule has 2 fully saturated rings. The predicted octanol–water partition coefficient (Wildman–Crippen LogP) is 4.87. The van der Waals surface area contributed by atoms with E-state index in [1.165, 1.54) is 38.5 Å². The van der Waals surface area contributed by atoms with Crippen molar-refractivity contribution >= 4 is 8.32 Å². The first-order chi connectivity index (χ1) is 9.19. The lowest BCUT2D eigenvalue weighted by molar-refractivity contribution is -0.110. The van der Waals surface area contributed by atoms with Crippen molar-refractivity contribution in [2.45, 2.75) is 102 Å². The highest BCUT2D eigenvalue weighted by Crippen LogP contribution is 2.51. The molecule has 3 heteroatoms. The van der Waals surface area contributed by atoms with E-state index in [9.17, 15) is 5.11 Å². The summed E-state index contributed by atoms with van der Waals surface area (Å²) in [5, 5.41) is 10.9. The fraction of sp³-hybridized carbons (Fsp3) is 1.00. The largest absolute Gasteiger partial charge is 0.413 e. The molecule has 2 saturated carbocycles. The van der Waals surface area contributed by atoms with Crippen molar-refractivity contribution in [3.63, 3.8) is 0 Å². The number of rotatable bonds is 2. The van der Waals surface area contributed by atoms with Crippen LogP contribution in [-0.4, -0.2) is 25.6 Å². The van der Waals surface area contributed by atoms with E-state index in [1.807, 2.05) is 0 Å². The zero-order chi connectivity index (χ0) is 15.0. The summed E-state index contributed by atoms with van der Waals surface area (Å²) >= 11 is 0. The van der Waals surface area contributed by atoms with Crippen LogP contribution in [0.25, 0.3) is 0 Å². The SMILES string of the molecule is CC(C)(C)[Si](C)(C)O[C@H]1CCCC[C@@]12CCCC[C@@H]2O. The van der Waals surface area contributed by atoms with Crippen LogP contribution in [0.15, 0.2) is 0 Å². The van der Waals surface area contributed by atoms with Gasteiger partial charge in [0, 0.05) is 5.41 Å². The molecule has 0 aromatic rings. The summed E-state index contributed by atoms with van der Waals surface area (Å²) in [6.07, 6.45) is 9.66. The van der Waals surface area contributed by atoms with Crippen molar-refractivity contribution in [2.24, 2.45) is 5.41 Å². The molecule has 0 saturated heterocycles. The van der Waals surface area contributed by atoms with Gasteiger partial charge in [0.15, 0.2) is 8.32 Å². The molecule has 0 unspecified atom stereocenters. The number of hydrogen-bond donors (Lipinski definition) is 1. The average molecular weight is 299 g/mol. The van der Waals surface area contributed by atoms with E-state index in [0.29, 0.717) is 6.10 Å². The standard InChI is InChI=1S/C17H34O2Si/c1-16(2,3)20(4,5)19-15-11-7-9-13-17(15)12-8-6-10-14(17)18/h14-15,18H,6-13H2,1-5H3/t14-,15-,17+/m0/s1. The maximum absolute atomic E-state index is 10.7. The smallest absolute Gasteiger partial charge is 0.192 e. The second-order valence-corrected chi connectivity index (χ2v) is 13.4. The third-order valence-corrected chi connectivity index (χ3v) is 10.8. The summed E-state index contributed by atoms with van der Waals surface area (Å²) in [4.78, 5) is 0. The lowest BCUT2D eigenvalue weighted by Gasteiger charge is -2.53. The summed E-state index contributed by atoms with van der Waals surface area (Å²) in [7, 11) is -1.74. The highest BCUT2D eigenvalue weighted by Gasteiger charge is 2.51.